The number of rotatable bonds is 6. The van der Waals surface area contributed by atoms with Crippen LogP contribution in [0.4, 0.5) is 0 Å². The Kier molecular flexibility index (Phi) is 8.60. The average Bonchev–Trinajstić information content (AvgIpc) is 2.35. The Morgan fingerprint density at radius 2 is 1.94 bits per heavy atom. The largest absolute Gasteiger partial charge is 0.394 e. The van der Waals surface area contributed by atoms with Gasteiger partial charge in [0.1, 0.15) is 24.4 Å². The highest BCUT2D eigenvalue weighted by molar-refractivity contribution is 8.22. The third kappa shape index (κ3) is 6.27. The average molecular weight is 284 g/mol. The first-order chi connectivity index (χ1) is 7.93. The number of thioether (sulfide) groups is 1. The van der Waals surface area contributed by atoms with E-state index in [0.29, 0.717) is 4.32 Å². The molecule has 17 heavy (non-hydrogen) atoms. The van der Waals surface area contributed by atoms with E-state index in [1.54, 1.807) is 6.26 Å². The molecule has 0 aliphatic heterocycles. The second-order valence-corrected chi connectivity index (χ2v) is 4.59. The summed E-state index contributed by atoms with van der Waals surface area (Å²) in [6.07, 6.45) is -3.70. The molecule has 0 radical (unpaired) electrons. The molecule has 0 fully saturated rings. The van der Waals surface area contributed by atoms with Crippen LogP contribution in [-0.2, 0) is 0 Å². The lowest BCUT2D eigenvalue weighted by atomic mass is 10.0. The van der Waals surface area contributed by atoms with Crippen LogP contribution in [-0.4, -0.2) is 73.3 Å². The molecule has 0 bridgehead atoms. The molecular formula is C8H16N2O5S2. The Morgan fingerprint density at radius 3 is 2.41 bits per heavy atom. The summed E-state index contributed by atoms with van der Waals surface area (Å²) in [6, 6.07) is 0. The second kappa shape index (κ2) is 8.75. The smallest absolute Gasteiger partial charge is 0.153 e. The van der Waals surface area contributed by atoms with Gasteiger partial charge in [0.15, 0.2) is 4.32 Å². The van der Waals surface area contributed by atoms with Crippen LogP contribution in [0.1, 0.15) is 0 Å². The van der Waals surface area contributed by atoms with Gasteiger partial charge >= 0.3 is 0 Å². The minimum atomic E-state index is -1.67. The maximum Gasteiger partial charge on any atom is 0.153 e. The predicted molar refractivity (Wildman–Crippen MR) is 68.9 cm³/mol. The van der Waals surface area contributed by atoms with Crippen molar-refractivity contribution in [3.8, 4) is 0 Å². The zero-order valence-corrected chi connectivity index (χ0v) is 10.7. The summed E-state index contributed by atoms with van der Waals surface area (Å²) in [4.78, 5) is 0. The van der Waals surface area contributed by atoms with Gasteiger partial charge < -0.3 is 25.5 Å². The number of hydrogen-bond donors (Lipinski definition) is 6. The third-order valence-corrected chi connectivity index (χ3v) is 2.90. The molecule has 0 saturated carbocycles. The molecular weight excluding hydrogens is 268 g/mol. The molecule has 0 aromatic carbocycles. The van der Waals surface area contributed by atoms with Crippen molar-refractivity contribution in [2.24, 2.45) is 5.10 Å². The van der Waals surface area contributed by atoms with E-state index in [1.807, 2.05) is 0 Å². The molecule has 0 aromatic rings. The van der Waals surface area contributed by atoms with E-state index in [2.05, 4.69) is 10.5 Å². The fraction of sp³-hybridized carbons (Fsp3) is 0.750. The summed E-state index contributed by atoms with van der Waals surface area (Å²) in [7, 11) is 0. The standard InChI is InChI=1S/C8H16N2O5S2/c1-17-8(16)10-9-2-4(12)6(14)7(15)5(13)3-11/h2,4-7,11-15H,3H2,1H3,(H,10,16)/b9-2-/t4-,5-,6+,7-/m1/s1. The van der Waals surface area contributed by atoms with Gasteiger partial charge in [0.25, 0.3) is 0 Å². The minimum Gasteiger partial charge on any atom is -0.394 e. The monoisotopic (exact) mass is 284 g/mol. The highest BCUT2D eigenvalue weighted by Crippen LogP contribution is 2.03. The van der Waals surface area contributed by atoms with Gasteiger partial charge in [-0.3, -0.25) is 5.43 Å². The van der Waals surface area contributed by atoms with Crippen LogP contribution in [0.15, 0.2) is 5.10 Å². The van der Waals surface area contributed by atoms with E-state index in [4.69, 9.17) is 22.4 Å². The van der Waals surface area contributed by atoms with E-state index >= 15 is 0 Å². The number of aliphatic hydroxyl groups is 5. The van der Waals surface area contributed by atoms with Crippen LogP contribution < -0.4 is 5.43 Å². The number of hydrazone groups is 1. The Hall–Kier alpha value is -0.290. The van der Waals surface area contributed by atoms with Gasteiger partial charge in [-0.15, -0.1) is 0 Å². The van der Waals surface area contributed by atoms with Crippen LogP contribution in [0.5, 0.6) is 0 Å². The second-order valence-electron chi connectivity index (χ2n) is 3.10. The Morgan fingerprint density at radius 1 is 1.35 bits per heavy atom. The lowest BCUT2D eigenvalue weighted by Crippen LogP contribution is -2.46. The molecule has 0 unspecified atom stereocenters. The molecule has 9 heteroatoms. The molecule has 0 aliphatic carbocycles. The summed E-state index contributed by atoms with van der Waals surface area (Å²) >= 11 is 6.00. The van der Waals surface area contributed by atoms with Crippen molar-refractivity contribution < 1.29 is 25.5 Å². The molecule has 0 heterocycles. The lowest BCUT2D eigenvalue weighted by molar-refractivity contribution is -0.0999. The summed E-state index contributed by atoms with van der Waals surface area (Å²) in [6.45, 7) is -0.725. The van der Waals surface area contributed by atoms with Crippen LogP contribution in [0.25, 0.3) is 0 Å². The van der Waals surface area contributed by atoms with Gasteiger partial charge in [-0.2, -0.15) is 5.10 Å². The zero-order valence-electron chi connectivity index (χ0n) is 9.09. The lowest BCUT2D eigenvalue weighted by Gasteiger charge is -2.23. The fourth-order valence-electron chi connectivity index (χ4n) is 0.838. The molecule has 0 rings (SSSR count). The quantitative estimate of drug-likeness (QED) is 0.182. The predicted octanol–water partition coefficient (Wildman–Crippen LogP) is -2.35. The first-order valence-corrected chi connectivity index (χ1v) is 6.27. The maximum atomic E-state index is 9.38. The molecule has 100 valence electrons. The van der Waals surface area contributed by atoms with Crippen LogP contribution in [0, 0.1) is 0 Å². The van der Waals surface area contributed by atoms with Crippen molar-refractivity contribution in [2.75, 3.05) is 12.9 Å². The summed E-state index contributed by atoms with van der Waals surface area (Å²) in [5.41, 5.74) is 2.40. The highest BCUT2D eigenvalue weighted by atomic mass is 32.2. The van der Waals surface area contributed by atoms with E-state index < -0.39 is 31.0 Å². The number of nitrogens with one attached hydrogen (secondary N) is 1. The van der Waals surface area contributed by atoms with Crippen molar-refractivity contribution >= 4 is 34.5 Å². The zero-order chi connectivity index (χ0) is 13.4. The number of thiocarbonyl (C=S) groups is 1. The van der Waals surface area contributed by atoms with Gasteiger partial charge in [0, 0.05) is 0 Å². The Balaban J connectivity index is 4.21. The molecule has 6 N–H and O–H groups in total. The Labute approximate surface area is 108 Å². The molecule has 0 amide bonds. The van der Waals surface area contributed by atoms with Gasteiger partial charge in [-0.25, -0.2) is 0 Å². The van der Waals surface area contributed by atoms with Crippen molar-refractivity contribution in [2.45, 2.75) is 24.4 Å². The highest BCUT2D eigenvalue weighted by Gasteiger charge is 2.29. The molecule has 0 saturated heterocycles. The normalized spacial score (nSPS) is 18.7. The van der Waals surface area contributed by atoms with Crippen molar-refractivity contribution in [1.29, 1.82) is 0 Å². The van der Waals surface area contributed by atoms with E-state index in [1.165, 1.54) is 11.8 Å². The van der Waals surface area contributed by atoms with Crippen LogP contribution >= 0.6 is 24.0 Å². The maximum absolute atomic E-state index is 9.38. The number of nitrogens with zero attached hydrogens (tertiary/aromatic N) is 1. The van der Waals surface area contributed by atoms with Crippen LogP contribution in [0.2, 0.25) is 0 Å². The van der Waals surface area contributed by atoms with Crippen molar-refractivity contribution in [3.05, 3.63) is 0 Å². The molecule has 0 spiro atoms. The van der Waals surface area contributed by atoms with Gasteiger partial charge in [0.05, 0.1) is 12.8 Å². The molecule has 0 aliphatic rings. The topological polar surface area (TPSA) is 126 Å². The fourth-order valence-corrected chi connectivity index (χ4v) is 1.03. The van der Waals surface area contributed by atoms with Gasteiger partial charge in [-0.1, -0.05) is 24.0 Å². The number of hydrogen-bond acceptors (Lipinski definition) is 8. The first-order valence-electron chi connectivity index (χ1n) is 4.64. The number of aliphatic hydroxyl groups excluding tert-OH is 5. The third-order valence-electron chi connectivity index (χ3n) is 1.85. The van der Waals surface area contributed by atoms with E-state index in [9.17, 15) is 15.3 Å². The summed E-state index contributed by atoms with van der Waals surface area (Å²) in [5, 5.41) is 49.2. The van der Waals surface area contributed by atoms with Crippen molar-refractivity contribution in [1.82, 2.24) is 5.43 Å². The van der Waals surface area contributed by atoms with Crippen molar-refractivity contribution in [3.63, 3.8) is 0 Å². The summed E-state index contributed by atoms with van der Waals surface area (Å²) < 4.78 is 0.374. The Bertz CT molecular complexity index is 266. The summed E-state index contributed by atoms with van der Waals surface area (Å²) in [5.74, 6) is 0. The molecule has 7 nitrogen and oxygen atoms in total. The van der Waals surface area contributed by atoms with Crippen LogP contribution in [0.3, 0.4) is 0 Å². The SMILES string of the molecule is CSC(=S)N/N=C\[C@@H](O)[C@H](O)[C@H](O)[C@H](O)CO. The van der Waals surface area contributed by atoms with Gasteiger partial charge in [0.2, 0.25) is 0 Å². The van der Waals surface area contributed by atoms with E-state index in [-0.39, 0.29) is 0 Å². The minimum absolute atomic E-state index is 0.374. The first kappa shape index (κ1) is 16.7. The molecule has 0 aromatic heterocycles. The van der Waals surface area contributed by atoms with E-state index in [0.717, 1.165) is 6.21 Å². The molecule has 4 atom stereocenters. The van der Waals surface area contributed by atoms with Gasteiger partial charge in [-0.05, 0) is 6.26 Å².